The van der Waals surface area contributed by atoms with Crippen molar-refractivity contribution in [2.45, 2.75) is 58.0 Å². The quantitative estimate of drug-likeness (QED) is 0.635. The molecule has 2 aromatic rings. The lowest BCUT2D eigenvalue weighted by Gasteiger charge is -2.26. The van der Waals surface area contributed by atoms with Crippen molar-refractivity contribution < 1.29 is 22.7 Å². The van der Waals surface area contributed by atoms with Crippen LogP contribution in [0, 0.1) is 13.8 Å². The van der Waals surface area contributed by atoms with Gasteiger partial charge in [-0.1, -0.05) is 18.6 Å². The normalized spacial score (nSPS) is 14.9. The Morgan fingerprint density at radius 1 is 1.06 bits per heavy atom. The summed E-state index contributed by atoms with van der Waals surface area (Å²) >= 11 is 0. The average molecular weight is 461 g/mol. The van der Waals surface area contributed by atoms with E-state index in [1.807, 2.05) is 45.9 Å². The van der Waals surface area contributed by atoms with Gasteiger partial charge < -0.3 is 14.8 Å². The summed E-state index contributed by atoms with van der Waals surface area (Å²) in [6, 6.07) is 10.3. The standard InChI is InChI=1S/C24H32N2O5S/c1-17(2)31-23-12-11-20(32(28,29)26-13-6-5-7-14-26)15-21(23)25-24(27)16-30-22-10-8-9-18(3)19(22)4/h8-12,15,17H,5-7,13-14,16H2,1-4H3,(H,25,27). The third-order valence-electron chi connectivity index (χ3n) is 5.45. The first-order valence-electron chi connectivity index (χ1n) is 11.0. The van der Waals surface area contributed by atoms with Crippen molar-refractivity contribution >= 4 is 21.6 Å². The fourth-order valence-corrected chi connectivity index (χ4v) is 5.13. The maximum Gasteiger partial charge on any atom is 0.262 e. The van der Waals surface area contributed by atoms with Crippen LogP contribution in [0.5, 0.6) is 11.5 Å². The van der Waals surface area contributed by atoms with Gasteiger partial charge >= 0.3 is 0 Å². The maximum absolute atomic E-state index is 13.1. The molecule has 1 aliphatic heterocycles. The third kappa shape index (κ3) is 5.81. The predicted octanol–water partition coefficient (Wildman–Crippen LogP) is 4.28. The van der Waals surface area contributed by atoms with Gasteiger partial charge in [0.1, 0.15) is 11.5 Å². The van der Waals surface area contributed by atoms with Crippen LogP contribution in [0.15, 0.2) is 41.3 Å². The van der Waals surface area contributed by atoms with Crippen LogP contribution < -0.4 is 14.8 Å². The summed E-state index contributed by atoms with van der Waals surface area (Å²) in [6.45, 7) is 8.48. The van der Waals surface area contributed by atoms with Crippen LogP contribution in [-0.2, 0) is 14.8 Å². The van der Waals surface area contributed by atoms with Crippen molar-refractivity contribution in [1.82, 2.24) is 4.31 Å². The Morgan fingerprint density at radius 2 is 1.78 bits per heavy atom. The van der Waals surface area contributed by atoms with Gasteiger partial charge in [-0.15, -0.1) is 0 Å². The van der Waals surface area contributed by atoms with Crippen LogP contribution in [-0.4, -0.2) is 44.4 Å². The molecule has 0 aromatic heterocycles. The Bertz CT molecular complexity index is 1060. The molecule has 1 aliphatic rings. The molecule has 2 aromatic carbocycles. The zero-order chi connectivity index (χ0) is 23.3. The molecule has 8 heteroatoms. The summed E-state index contributed by atoms with van der Waals surface area (Å²) in [4.78, 5) is 12.8. The van der Waals surface area contributed by atoms with E-state index >= 15 is 0 Å². The van der Waals surface area contributed by atoms with Gasteiger partial charge in [0.05, 0.1) is 16.7 Å². The molecular formula is C24H32N2O5S. The summed E-state index contributed by atoms with van der Waals surface area (Å²) in [7, 11) is -3.64. The molecule has 0 bridgehead atoms. The van der Waals surface area contributed by atoms with Gasteiger partial charge in [-0.2, -0.15) is 4.31 Å². The van der Waals surface area contributed by atoms with Crippen molar-refractivity contribution in [3.05, 3.63) is 47.5 Å². The predicted molar refractivity (Wildman–Crippen MR) is 125 cm³/mol. The molecule has 0 saturated carbocycles. The monoisotopic (exact) mass is 460 g/mol. The van der Waals surface area contributed by atoms with E-state index in [0.29, 0.717) is 30.3 Å². The fourth-order valence-electron chi connectivity index (χ4n) is 3.59. The van der Waals surface area contributed by atoms with Crippen LogP contribution in [0.4, 0.5) is 5.69 Å². The molecular weight excluding hydrogens is 428 g/mol. The van der Waals surface area contributed by atoms with E-state index in [-0.39, 0.29) is 17.6 Å². The van der Waals surface area contributed by atoms with E-state index in [4.69, 9.17) is 9.47 Å². The highest BCUT2D eigenvalue weighted by Gasteiger charge is 2.27. The summed E-state index contributed by atoms with van der Waals surface area (Å²) in [5.74, 6) is 0.657. The van der Waals surface area contributed by atoms with E-state index in [1.165, 1.54) is 16.4 Å². The Labute approximate surface area is 190 Å². The summed E-state index contributed by atoms with van der Waals surface area (Å²) < 4.78 is 39.2. The Balaban J connectivity index is 1.80. The molecule has 32 heavy (non-hydrogen) atoms. The van der Waals surface area contributed by atoms with E-state index in [0.717, 1.165) is 30.4 Å². The van der Waals surface area contributed by atoms with Crippen LogP contribution in [0.2, 0.25) is 0 Å². The number of nitrogens with one attached hydrogen (secondary N) is 1. The summed E-state index contributed by atoms with van der Waals surface area (Å²) in [5, 5.41) is 2.76. The van der Waals surface area contributed by atoms with E-state index in [1.54, 1.807) is 6.07 Å². The maximum atomic E-state index is 13.1. The van der Waals surface area contributed by atoms with E-state index < -0.39 is 15.9 Å². The number of hydrogen-bond donors (Lipinski definition) is 1. The molecule has 0 radical (unpaired) electrons. The molecule has 1 heterocycles. The van der Waals surface area contributed by atoms with Gasteiger partial charge in [-0.3, -0.25) is 4.79 Å². The summed E-state index contributed by atoms with van der Waals surface area (Å²) in [5.41, 5.74) is 2.36. The number of aryl methyl sites for hydroxylation is 1. The number of anilines is 1. The second-order valence-electron chi connectivity index (χ2n) is 8.32. The molecule has 0 atom stereocenters. The number of sulfonamides is 1. The second-order valence-corrected chi connectivity index (χ2v) is 10.3. The molecule has 0 spiro atoms. The molecule has 3 rings (SSSR count). The zero-order valence-electron chi connectivity index (χ0n) is 19.2. The first-order valence-corrected chi connectivity index (χ1v) is 12.4. The number of rotatable bonds is 8. The number of carbonyl (C=O) groups is 1. The number of carbonyl (C=O) groups excluding carboxylic acids is 1. The van der Waals surface area contributed by atoms with Crippen molar-refractivity contribution in [2.75, 3.05) is 25.0 Å². The SMILES string of the molecule is Cc1cccc(OCC(=O)Nc2cc(S(=O)(=O)N3CCCCC3)ccc2OC(C)C)c1C. The zero-order valence-corrected chi connectivity index (χ0v) is 20.0. The van der Waals surface area contributed by atoms with Crippen molar-refractivity contribution in [3.63, 3.8) is 0 Å². The Hall–Kier alpha value is -2.58. The highest BCUT2D eigenvalue weighted by molar-refractivity contribution is 7.89. The van der Waals surface area contributed by atoms with Gasteiger partial charge in [-0.25, -0.2) is 8.42 Å². The van der Waals surface area contributed by atoms with Crippen molar-refractivity contribution in [3.8, 4) is 11.5 Å². The minimum absolute atomic E-state index is 0.138. The number of amides is 1. The Kier molecular flexibility index (Phi) is 7.79. The number of nitrogens with zero attached hydrogens (tertiary/aromatic N) is 1. The molecule has 174 valence electrons. The van der Waals surface area contributed by atoms with Gasteiger partial charge in [0.25, 0.3) is 5.91 Å². The highest BCUT2D eigenvalue weighted by Crippen LogP contribution is 2.31. The van der Waals surface area contributed by atoms with Crippen LogP contribution >= 0.6 is 0 Å². The third-order valence-corrected chi connectivity index (χ3v) is 7.35. The van der Waals surface area contributed by atoms with Crippen LogP contribution in [0.3, 0.4) is 0 Å². The van der Waals surface area contributed by atoms with Crippen molar-refractivity contribution in [1.29, 1.82) is 0 Å². The largest absolute Gasteiger partial charge is 0.489 e. The number of ether oxygens (including phenoxy) is 2. The minimum atomic E-state index is -3.64. The van der Waals surface area contributed by atoms with Gasteiger partial charge in [0.2, 0.25) is 10.0 Å². The van der Waals surface area contributed by atoms with Gasteiger partial charge in [0.15, 0.2) is 6.61 Å². The van der Waals surface area contributed by atoms with E-state index in [9.17, 15) is 13.2 Å². The molecule has 1 saturated heterocycles. The molecule has 7 nitrogen and oxygen atoms in total. The molecule has 1 amide bonds. The topological polar surface area (TPSA) is 84.9 Å². The lowest BCUT2D eigenvalue weighted by atomic mass is 10.1. The van der Waals surface area contributed by atoms with Gasteiger partial charge in [0, 0.05) is 13.1 Å². The Morgan fingerprint density at radius 3 is 2.47 bits per heavy atom. The fraction of sp³-hybridized carbons (Fsp3) is 0.458. The summed E-state index contributed by atoms with van der Waals surface area (Å²) in [6.07, 6.45) is 2.61. The smallest absolute Gasteiger partial charge is 0.262 e. The minimum Gasteiger partial charge on any atom is -0.489 e. The molecule has 0 aliphatic carbocycles. The van der Waals surface area contributed by atoms with Crippen LogP contribution in [0.25, 0.3) is 0 Å². The molecule has 1 N–H and O–H groups in total. The first-order chi connectivity index (χ1) is 15.2. The lowest BCUT2D eigenvalue weighted by molar-refractivity contribution is -0.118. The molecule has 1 fully saturated rings. The lowest BCUT2D eigenvalue weighted by Crippen LogP contribution is -2.35. The molecule has 0 unspecified atom stereocenters. The average Bonchev–Trinajstić information content (AvgIpc) is 2.76. The number of piperidine rings is 1. The van der Waals surface area contributed by atoms with Crippen LogP contribution in [0.1, 0.15) is 44.2 Å². The van der Waals surface area contributed by atoms with Gasteiger partial charge in [-0.05, 0) is 75.9 Å². The number of hydrogen-bond acceptors (Lipinski definition) is 5. The van der Waals surface area contributed by atoms with E-state index in [2.05, 4.69) is 5.32 Å². The van der Waals surface area contributed by atoms with Crippen molar-refractivity contribution in [2.24, 2.45) is 0 Å². The first kappa shape index (κ1) is 24.1. The highest BCUT2D eigenvalue weighted by atomic mass is 32.2. The number of benzene rings is 2. The second kappa shape index (κ2) is 10.4.